The third kappa shape index (κ3) is 10.5. The minimum atomic E-state index is -1.84. The molecule has 0 spiro atoms. The summed E-state index contributed by atoms with van der Waals surface area (Å²) >= 11 is 0. The van der Waals surface area contributed by atoms with E-state index in [2.05, 4.69) is 5.48 Å². The summed E-state index contributed by atoms with van der Waals surface area (Å²) in [5.41, 5.74) is 1.96. The van der Waals surface area contributed by atoms with E-state index in [9.17, 15) is 0 Å². The Hall–Kier alpha value is -0.215. The summed E-state index contributed by atoms with van der Waals surface area (Å²) in [5, 5.41) is 0. The van der Waals surface area contributed by atoms with Crippen molar-refractivity contribution in [1.82, 2.24) is 5.48 Å². The molecule has 2 aliphatic heterocycles. The van der Waals surface area contributed by atoms with E-state index < -0.39 is 6.10 Å². The maximum atomic E-state index is 7.98. The van der Waals surface area contributed by atoms with Crippen LogP contribution in [0.15, 0.2) is 0 Å². The lowest BCUT2D eigenvalue weighted by Crippen LogP contribution is -2.39. The molecule has 2 rings (SSSR count). The Morgan fingerprint density at radius 3 is 1.96 bits per heavy atom. The number of hydrogen-bond acceptors (Lipinski definition) is 7. The highest BCUT2D eigenvalue weighted by molar-refractivity contribution is 6.10. The molecule has 0 aromatic carbocycles. The van der Waals surface area contributed by atoms with Crippen LogP contribution >= 0.6 is 0 Å². The van der Waals surface area contributed by atoms with Gasteiger partial charge in [0.25, 0.3) is 0 Å². The molecule has 25 heavy (non-hydrogen) atoms. The molecular weight excluding hydrogens is 325 g/mol. The molecule has 0 amide bonds. The summed E-state index contributed by atoms with van der Waals surface area (Å²) in [5.74, 6) is 0. The summed E-state index contributed by atoms with van der Waals surface area (Å²) in [7, 11) is 5.79. The molecule has 2 saturated heterocycles. The molecule has 2 fully saturated rings. The van der Waals surface area contributed by atoms with Crippen LogP contribution in [0.2, 0.25) is 0 Å². The molecule has 3 atom stereocenters. The van der Waals surface area contributed by atoms with Crippen LogP contribution in [-0.4, -0.2) is 79.0 Å². The second kappa shape index (κ2) is 9.64. The van der Waals surface area contributed by atoms with E-state index in [1.54, 1.807) is 0 Å². The second-order valence-electron chi connectivity index (χ2n) is 8.31. The molecule has 0 aliphatic carbocycles. The fourth-order valence-corrected chi connectivity index (χ4v) is 1.95. The molecule has 8 heteroatoms. The topological polar surface area (TPSA) is 74.0 Å². The van der Waals surface area contributed by atoms with Crippen LogP contribution in [0.4, 0.5) is 0 Å². The molecular formula is C17H32BNO6. The maximum absolute atomic E-state index is 7.98. The highest BCUT2D eigenvalue weighted by Crippen LogP contribution is 2.19. The first-order valence-corrected chi connectivity index (χ1v) is 8.77. The summed E-state index contributed by atoms with van der Waals surface area (Å²) in [6, 6.07) is 0. The van der Waals surface area contributed by atoms with Crippen molar-refractivity contribution in [3.05, 3.63) is 0 Å². The summed E-state index contributed by atoms with van der Waals surface area (Å²) in [6.07, 6.45) is -1.36. The Bertz CT molecular complexity index is 429. The molecule has 2 heterocycles. The maximum Gasteiger partial charge on any atom is 0.133 e. The SMILES string of the molecule is [3H]C([B])(NOCC(C)(C)COCC1CO1)OCC(C)(C)COCC1CO1. The molecule has 3 unspecified atom stereocenters. The van der Waals surface area contributed by atoms with Gasteiger partial charge in [-0.25, -0.2) is 0 Å². The molecule has 0 bridgehead atoms. The first-order chi connectivity index (χ1) is 12.1. The second-order valence-corrected chi connectivity index (χ2v) is 8.31. The van der Waals surface area contributed by atoms with Gasteiger partial charge in [-0.15, -0.1) is 0 Å². The van der Waals surface area contributed by atoms with Crippen LogP contribution in [-0.2, 0) is 28.5 Å². The third-order valence-electron chi connectivity index (χ3n) is 3.65. The molecule has 2 radical (unpaired) electrons. The Labute approximate surface area is 153 Å². The van der Waals surface area contributed by atoms with Gasteiger partial charge in [-0.3, -0.25) is 4.84 Å². The fourth-order valence-electron chi connectivity index (χ4n) is 1.95. The van der Waals surface area contributed by atoms with Gasteiger partial charge in [0.05, 0.1) is 60.3 Å². The Balaban J connectivity index is 1.56. The van der Waals surface area contributed by atoms with E-state index in [1.807, 2.05) is 27.7 Å². The van der Waals surface area contributed by atoms with Gasteiger partial charge in [-0.2, -0.15) is 5.48 Å². The highest BCUT2D eigenvalue weighted by Gasteiger charge is 2.26. The summed E-state index contributed by atoms with van der Waals surface area (Å²) in [4.78, 5) is 5.38. The molecule has 2 aliphatic rings. The van der Waals surface area contributed by atoms with Crippen LogP contribution in [0.25, 0.3) is 0 Å². The molecule has 0 saturated carbocycles. The fraction of sp³-hybridized carbons (Fsp3) is 1.00. The molecule has 0 aromatic rings. The van der Waals surface area contributed by atoms with E-state index in [0.717, 1.165) is 13.2 Å². The predicted octanol–water partition coefficient (Wildman–Crippen LogP) is 0.860. The van der Waals surface area contributed by atoms with Crippen molar-refractivity contribution in [3.8, 4) is 0 Å². The minimum absolute atomic E-state index is 0.226. The van der Waals surface area contributed by atoms with Gasteiger partial charge in [0.1, 0.15) is 20.1 Å². The monoisotopic (exact) mass is 359 g/mol. The average Bonchev–Trinajstić information content (AvgIpc) is 3.39. The smallest absolute Gasteiger partial charge is 0.133 e. The first kappa shape index (κ1) is 19.5. The quantitative estimate of drug-likeness (QED) is 0.201. The van der Waals surface area contributed by atoms with Crippen LogP contribution in [0.1, 0.15) is 29.1 Å². The Morgan fingerprint density at radius 2 is 1.48 bits per heavy atom. The van der Waals surface area contributed by atoms with Crippen LogP contribution < -0.4 is 5.48 Å². The van der Waals surface area contributed by atoms with Crippen molar-refractivity contribution in [2.45, 2.75) is 46.0 Å². The van der Waals surface area contributed by atoms with Crippen LogP contribution in [0.5, 0.6) is 0 Å². The van der Waals surface area contributed by atoms with Crippen LogP contribution in [0.3, 0.4) is 0 Å². The number of hydroxylamine groups is 1. The largest absolute Gasteiger partial charge is 0.378 e. The predicted molar refractivity (Wildman–Crippen MR) is 93.3 cm³/mol. The molecule has 0 aromatic heterocycles. The summed E-state index contributed by atoms with van der Waals surface area (Å²) in [6.45, 7) is 12.3. The number of ether oxygens (including phenoxy) is 5. The molecule has 144 valence electrons. The lowest BCUT2D eigenvalue weighted by atomic mass is 9.96. The van der Waals surface area contributed by atoms with E-state index in [4.69, 9.17) is 37.7 Å². The van der Waals surface area contributed by atoms with E-state index in [0.29, 0.717) is 33.0 Å². The van der Waals surface area contributed by atoms with Crippen molar-refractivity contribution in [3.63, 3.8) is 0 Å². The van der Waals surface area contributed by atoms with Crippen molar-refractivity contribution < 1.29 is 29.9 Å². The highest BCUT2D eigenvalue weighted by atomic mass is 16.7. The Kier molecular flexibility index (Phi) is 7.54. The van der Waals surface area contributed by atoms with Gasteiger partial charge in [0.15, 0.2) is 0 Å². The molecule has 1 N–H and O–H groups in total. The van der Waals surface area contributed by atoms with Crippen LogP contribution in [0, 0.1) is 10.8 Å². The zero-order valence-electron chi connectivity index (χ0n) is 16.8. The van der Waals surface area contributed by atoms with Crippen molar-refractivity contribution in [1.29, 1.82) is 0 Å². The zero-order chi connectivity index (χ0) is 19.3. The Morgan fingerprint density at radius 1 is 1.00 bits per heavy atom. The number of hydrogen-bond donors (Lipinski definition) is 1. The van der Waals surface area contributed by atoms with E-state index >= 15 is 0 Å². The van der Waals surface area contributed by atoms with Gasteiger partial charge < -0.3 is 23.7 Å². The van der Waals surface area contributed by atoms with Gasteiger partial charge >= 0.3 is 0 Å². The molecule has 7 nitrogen and oxygen atoms in total. The average molecular weight is 359 g/mol. The van der Waals surface area contributed by atoms with E-state index in [1.165, 1.54) is 0 Å². The van der Waals surface area contributed by atoms with Gasteiger partial charge in [-0.05, 0) is 0 Å². The number of epoxide rings is 2. The van der Waals surface area contributed by atoms with Crippen molar-refractivity contribution in [2.24, 2.45) is 10.8 Å². The normalized spacial score (nSPS) is 26.2. The first-order valence-electron chi connectivity index (χ1n) is 9.27. The number of nitrogens with one attached hydrogen (secondary N) is 1. The van der Waals surface area contributed by atoms with Gasteiger partial charge in [-0.1, -0.05) is 27.7 Å². The zero-order valence-corrected chi connectivity index (χ0v) is 15.8. The lowest BCUT2D eigenvalue weighted by Gasteiger charge is -2.28. The van der Waals surface area contributed by atoms with Crippen molar-refractivity contribution in [2.75, 3.05) is 52.9 Å². The van der Waals surface area contributed by atoms with E-state index in [-0.39, 0.29) is 29.6 Å². The number of rotatable bonds is 15. The van der Waals surface area contributed by atoms with Gasteiger partial charge in [0, 0.05) is 10.8 Å². The minimum Gasteiger partial charge on any atom is -0.378 e. The van der Waals surface area contributed by atoms with Gasteiger partial charge in [0.2, 0.25) is 0 Å². The third-order valence-corrected chi connectivity index (χ3v) is 3.65. The summed E-state index contributed by atoms with van der Waals surface area (Å²) < 4.78 is 34.8. The van der Waals surface area contributed by atoms with Crippen molar-refractivity contribution >= 4 is 7.85 Å². The lowest BCUT2D eigenvalue weighted by molar-refractivity contribution is -0.107. The standard InChI is InChI=1S/C17H32BNO6/c1-16(2,9-20-5-13-7-22-13)11-24-15(18)19-25-12-17(3,4)10-21-6-14-8-23-14/h13-15,19H,5-12H2,1-4H3/i15T.